The maximum Gasteiger partial charge on any atom is 0.163 e. The van der Waals surface area contributed by atoms with E-state index in [0.717, 1.165) is 28.4 Å². The molecular formula is C14H16ClN3O2. The summed E-state index contributed by atoms with van der Waals surface area (Å²) in [6, 6.07) is 3.66. The molecule has 1 aromatic carbocycles. The molecule has 20 heavy (non-hydrogen) atoms. The fraction of sp³-hybridized carbons (Fsp3) is 0.357. The summed E-state index contributed by atoms with van der Waals surface area (Å²) in [7, 11) is 0. The first-order valence-electron chi connectivity index (χ1n) is 6.48. The van der Waals surface area contributed by atoms with E-state index in [9.17, 15) is 0 Å². The second-order valence-electron chi connectivity index (χ2n) is 4.74. The maximum atomic E-state index is 6.26. The first kappa shape index (κ1) is 13.1. The monoisotopic (exact) mass is 293 g/mol. The Labute approximate surface area is 122 Å². The quantitative estimate of drug-likeness (QED) is 0.913. The number of anilines is 1. The lowest BCUT2D eigenvalue weighted by Gasteiger charge is -2.20. The van der Waals surface area contributed by atoms with Gasteiger partial charge in [-0.1, -0.05) is 11.6 Å². The topological polar surface area (TPSA) is 59.2 Å². The highest BCUT2D eigenvalue weighted by molar-refractivity contribution is 6.33. The molecule has 106 valence electrons. The minimum atomic E-state index is 0.559. The first-order chi connectivity index (χ1) is 9.65. The van der Waals surface area contributed by atoms with Crippen molar-refractivity contribution >= 4 is 17.3 Å². The Balaban J connectivity index is 1.81. The van der Waals surface area contributed by atoms with E-state index in [0.29, 0.717) is 30.5 Å². The van der Waals surface area contributed by atoms with Crippen LogP contribution in [0.2, 0.25) is 5.02 Å². The summed E-state index contributed by atoms with van der Waals surface area (Å²) >= 11 is 6.26. The van der Waals surface area contributed by atoms with Crippen molar-refractivity contribution in [3.63, 3.8) is 0 Å². The van der Waals surface area contributed by atoms with Crippen LogP contribution in [0.5, 0.6) is 11.5 Å². The van der Waals surface area contributed by atoms with Gasteiger partial charge in [-0.25, -0.2) is 0 Å². The van der Waals surface area contributed by atoms with Crippen molar-refractivity contribution in [1.29, 1.82) is 0 Å². The number of fused-ring (bicyclic) bond motifs is 1. The number of hydrogen-bond acceptors (Lipinski definition) is 4. The van der Waals surface area contributed by atoms with Crippen LogP contribution in [0.25, 0.3) is 0 Å². The fourth-order valence-electron chi connectivity index (χ4n) is 2.22. The number of nitrogens with zero attached hydrogens (tertiary/aromatic N) is 1. The molecule has 0 atom stereocenters. The third-order valence-corrected chi connectivity index (χ3v) is 3.68. The Morgan fingerprint density at radius 2 is 1.95 bits per heavy atom. The number of aromatic amines is 1. The number of benzene rings is 1. The van der Waals surface area contributed by atoms with Gasteiger partial charge in [-0.05, 0) is 13.8 Å². The van der Waals surface area contributed by atoms with Gasteiger partial charge >= 0.3 is 0 Å². The lowest BCUT2D eigenvalue weighted by atomic mass is 10.2. The molecule has 0 saturated heterocycles. The zero-order valence-corrected chi connectivity index (χ0v) is 12.2. The van der Waals surface area contributed by atoms with E-state index in [1.54, 1.807) is 6.07 Å². The van der Waals surface area contributed by atoms with Crippen molar-refractivity contribution in [1.82, 2.24) is 10.2 Å². The highest BCUT2D eigenvalue weighted by atomic mass is 35.5. The van der Waals surface area contributed by atoms with Crippen LogP contribution in [0.15, 0.2) is 12.1 Å². The van der Waals surface area contributed by atoms with Crippen molar-refractivity contribution < 1.29 is 9.47 Å². The van der Waals surface area contributed by atoms with Crippen LogP contribution in [-0.2, 0) is 6.54 Å². The van der Waals surface area contributed by atoms with Gasteiger partial charge in [-0.3, -0.25) is 5.10 Å². The molecule has 0 radical (unpaired) electrons. The molecule has 2 N–H and O–H groups in total. The number of hydrogen-bond donors (Lipinski definition) is 2. The maximum absolute atomic E-state index is 6.26. The smallest absolute Gasteiger partial charge is 0.163 e. The summed E-state index contributed by atoms with van der Waals surface area (Å²) in [4.78, 5) is 0. The average Bonchev–Trinajstić information content (AvgIpc) is 2.76. The van der Waals surface area contributed by atoms with Crippen LogP contribution < -0.4 is 14.8 Å². The van der Waals surface area contributed by atoms with Crippen molar-refractivity contribution in [2.45, 2.75) is 20.4 Å². The van der Waals surface area contributed by atoms with E-state index in [2.05, 4.69) is 15.5 Å². The number of H-pyrrole nitrogens is 1. The minimum absolute atomic E-state index is 0.559. The second-order valence-corrected chi connectivity index (χ2v) is 5.15. The van der Waals surface area contributed by atoms with Gasteiger partial charge in [0.1, 0.15) is 13.2 Å². The number of halogens is 1. The molecule has 0 aliphatic carbocycles. The predicted molar refractivity (Wildman–Crippen MR) is 77.8 cm³/mol. The Kier molecular flexibility index (Phi) is 3.44. The highest BCUT2D eigenvalue weighted by Gasteiger charge is 2.15. The normalized spacial score (nSPS) is 13.3. The van der Waals surface area contributed by atoms with E-state index < -0.39 is 0 Å². The second kappa shape index (κ2) is 5.25. The summed E-state index contributed by atoms with van der Waals surface area (Å²) in [5.41, 5.74) is 4.03. The summed E-state index contributed by atoms with van der Waals surface area (Å²) in [6.07, 6.45) is 0. The number of rotatable bonds is 3. The Hall–Kier alpha value is -1.88. The molecule has 1 aromatic heterocycles. The molecule has 1 aliphatic heterocycles. The predicted octanol–water partition coefficient (Wildman–Crippen LogP) is 3.06. The number of nitrogens with one attached hydrogen (secondary N) is 2. The summed E-state index contributed by atoms with van der Waals surface area (Å²) in [5.74, 6) is 1.42. The largest absolute Gasteiger partial charge is 0.486 e. The molecule has 0 saturated carbocycles. The molecule has 0 amide bonds. The number of aryl methyl sites for hydroxylation is 2. The lowest BCUT2D eigenvalue weighted by Crippen LogP contribution is -2.15. The average molecular weight is 294 g/mol. The molecular weight excluding hydrogens is 278 g/mol. The minimum Gasteiger partial charge on any atom is -0.486 e. The number of ether oxygens (including phenoxy) is 2. The van der Waals surface area contributed by atoms with E-state index in [4.69, 9.17) is 21.1 Å². The summed E-state index contributed by atoms with van der Waals surface area (Å²) in [5, 5.41) is 11.1. The van der Waals surface area contributed by atoms with Crippen LogP contribution in [-0.4, -0.2) is 23.4 Å². The fourth-order valence-corrected chi connectivity index (χ4v) is 2.44. The van der Waals surface area contributed by atoms with Crippen LogP contribution in [0.3, 0.4) is 0 Å². The van der Waals surface area contributed by atoms with E-state index in [1.165, 1.54) is 0 Å². The third kappa shape index (κ3) is 2.41. The van der Waals surface area contributed by atoms with E-state index in [-0.39, 0.29) is 0 Å². The number of aromatic nitrogens is 2. The first-order valence-corrected chi connectivity index (χ1v) is 6.86. The molecule has 2 aromatic rings. The van der Waals surface area contributed by atoms with Gasteiger partial charge in [0.2, 0.25) is 0 Å². The molecule has 1 aliphatic rings. The van der Waals surface area contributed by atoms with Gasteiger partial charge in [0.25, 0.3) is 0 Å². The van der Waals surface area contributed by atoms with Crippen LogP contribution in [0.1, 0.15) is 17.0 Å². The zero-order valence-electron chi connectivity index (χ0n) is 11.4. The molecule has 0 bridgehead atoms. The SMILES string of the molecule is Cc1n[nH]c(C)c1CNc1cc2c(cc1Cl)OCCO2. The molecule has 0 fully saturated rings. The zero-order chi connectivity index (χ0) is 14.1. The molecule has 0 spiro atoms. The molecule has 2 heterocycles. The molecule has 5 nitrogen and oxygen atoms in total. The Bertz CT molecular complexity index is 620. The van der Waals surface area contributed by atoms with Gasteiger partial charge in [0.15, 0.2) is 11.5 Å². The molecule has 3 rings (SSSR count). The van der Waals surface area contributed by atoms with Gasteiger partial charge in [0.05, 0.1) is 16.4 Å². The van der Waals surface area contributed by atoms with Crippen molar-refractivity contribution in [3.8, 4) is 11.5 Å². The Morgan fingerprint density at radius 1 is 1.25 bits per heavy atom. The van der Waals surface area contributed by atoms with E-state index in [1.807, 2.05) is 19.9 Å². The van der Waals surface area contributed by atoms with E-state index >= 15 is 0 Å². The van der Waals surface area contributed by atoms with Gasteiger partial charge in [0, 0.05) is 29.9 Å². The van der Waals surface area contributed by atoms with Crippen LogP contribution in [0.4, 0.5) is 5.69 Å². The van der Waals surface area contributed by atoms with Gasteiger partial charge in [-0.15, -0.1) is 0 Å². The van der Waals surface area contributed by atoms with Gasteiger partial charge in [-0.2, -0.15) is 5.10 Å². The highest BCUT2D eigenvalue weighted by Crippen LogP contribution is 2.38. The molecule has 6 heteroatoms. The van der Waals surface area contributed by atoms with Crippen molar-refractivity contribution in [3.05, 3.63) is 34.1 Å². The summed E-state index contributed by atoms with van der Waals surface area (Å²) in [6.45, 7) is 5.76. The standard InChI is InChI=1S/C14H16ClN3O2/c1-8-10(9(2)18-17-8)7-16-12-6-14-13(5-11(12)15)19-3-4-20-14/h5-6,16H,3-4,7H2,1-2H3,(H,17,18). The van der Waals surface area contributed by atoms with Crippen molar-refractivity contribution in [2.24, 2.45) is 0 Å². The summed E-state index contributed by atoms with van der Waals surface area (Å²) < 4.78 is 11.1. The van der Waals surface area contributed by atoms with Gasteiger partial charge < -0.3 is 14.8 Å². The van der Waals surface area contributed by atoms with Crippen LogP contribution >= 0.6 is 11.6 Å². The molecule has 0 unspecified atom stereocenters. The van der Waals surface area contributed by atoms with Crippen molar-refractivity contribution in [2.75, 3.05) is 18.5 Å². The van der Waals surface area contributed by atoms with Crippen LogP contribution in [0, 0.1) is 13.8 Å². The lowest BCUT2D eigenvalue weighted by molar-refractivity contribution is 0.171. The third-order valence-electron chi connectivity index (χ3n) is 3.37. The Morgan fingerprint density at radius 3 is 2.60 bits per heavy atom.